The maximum Gasteiger partial charge on any atom is 0.164 e. The summed E-state index contributed by atoms with van der Waals surface area (Å²) in [4.78, 5) is 29.3. The van der Waals surface area contributed by atoms with Gasteiger partial charge in [-0.2, -0.15) is 10.5 Å². The third kappa shape index (κ3) is 10.9. The molecule has 10 nitrogen and oxygen atoms in total. The van der Waals surface area contributed by atoms with Crippen LogP contribution in [0.3, 0.4) is 0 Å². The number of hydrogen-bond acceptors (Lipinski definition) is 10. The third-order valence-electron chi connectivity index (χ3n) is 19.4. The smallest absolute Gasteiger partial charge is 0.164 e. The summed E-state index contributed by atoms with van der Waals surface area (Å²) in [6, 6.07) is 117. The van der Waals surface area contributed by atoms with Crippen LogP contribution >= 0.6 is 22.7 Å². The minimum absolute atomic E-state index is 0.523. The zero-order valence-corrected chi connectivity index (χ0v) is 57.1. The fraction of sp³-hybridized carbons (Fsp3) is 0. The van der Waals surface area contributed by atoms with Crippen LogP contribution in [0.25, 0.3) is 186 Å². The molecule has 0 fully saturated rings. The average Bonchev–Trinajstić information content (AvgIpc) is 1.58. The largest absolute Gasteiger partial charge is 0.309 e. The third-order valence-corrected chi connectivity index (χ3v) is 21.8. The van der Waals surface area contributed by atoms with E-state index in [2.05, 4.69) is 221 Å². The molecule has 12 heteroatoms. The van der Waals surface area contributed by atoms with Gasteiger partial charge in [-0.3, -0.25) is 0 Å². The average molecular weight is 1360 g/mol. The van der Waals surface area contributed by atoms with E-state index in [-0.39, 0.29) is 0 Å². The number of thiophene rings is 2. The summed E-state index contributed by atoms with van der Waals surface area (Å²) in [6.07, 6.45) is 0. The van der Waals surface area contributed by atoms with E-state index in [4.69, 9.17) is 29.9 Å². The Morgan fingerprint density at radius 3 is 1.02 bits per heavy atom. The molecular formula is C92H54N10S2. The zero-order chi connectivity index (χ0) is 69.2. The van der Waals surface area contributed by atoms with Gasteiger partial charge in [0.25, 0.3) is 0 Å². The second-order valence-electron chi connectivity index (χ2n) is 25.6. The van der Waals surface area contributed by atoms with Crippen LogP contribution in [-0.2, 0) is 0 Å². The van der Waals surface area contributed by atoms with E-state index in [0.29, 0.717) is 46.1 Å². The minimum Gasteiger partial charge on any atom is -0.309 e. The van der Waals surface area contributed by atoms with Crippen molar-refractivity contribution in [2.24, 2.45) is 0 Å². The molecule has 484 valence electrons. The zero-order valence-electron chi connectivity index (χ0n) is 55.5. The van der Waals surface area contributed by atoms with E-state index < -0.39 is 0 Å². The fourth-order valence-electron chi connectivity index (χ4n) is 14.4. The van der Waals surface area contributed by atoms with Gasteiger partial charge in [0.1, 0.15) is 0 Å². The second-order valence-corrected chi connectivity index (χ2v) is 27.7. The molecule has 0 saturated carbocycles. The molecule has 0 aliphatic heterocycles. The second kappa shape index (κ2) is 25.7. The van der Waals surface area contributed by atoms with E-state index in [1.807, 2.05) is 144 Å². The molecule has 0 radical (unpaired) electrons. The minimum atomic E-state index is 0.523. The molecule has 0 aliphatic rings. The van der Waals surface area contributed by atoms with Crippen molar-refractivity contribution < 1.29 is 0 Å². The lowest BCUT2D eigenvalue weighted by molar-refractivity contribution is 1.07. The van der Waals surface area contributed by atoms with Crippen molar-refractivity contribution in [3.05, 3.63) is 339 Å². The van der Waals surface area contributed by atoms with Gasteiger partial charge in [0.15, 0.2) is 34.9 Å². The first kappa shape index (κ1) is 61.2. The highest BCUT2D eigenvalue weighted by atomic mass is 32.1. The monoisotopic (exact) mass is 1360 g/mol. The molecular weight excluding hydrogens is 1310 g/mol. The van der Waals surface area contributed by atoms with Gasteiger partial charge in [-0.1, -0.05) is 206 Å². The highest BCUT2D eigenvalue weighted by molar-refractivity contribution is 7.26. The van der Waals surface area contributed by atoms with E-state index >= 15 is 0 Å². The summed E-state index contributed by atoms with van der Waals surface area (Å²) in [5, 5.41) is 29.1. The van der Waals surface area contributed by atoms with E-state index in [1.165, 1.54) is 67.8 Å². The number of nitriles is 2. The molecule has 0 saturated heterocycles. The van der Waals surface area contributed by atoms with Crippen LogP contribution in [0.5, 0.6) is 0 Å². The number of hydrogen-bond donors (Lipinski definition) is 0. The Balaban J connectivity index is 0.000000143. The number of aromatic nitrogens is 8. The predicted octanol–water partition coefficient (Wildman–Crippen LogP) is 23.8. The van der Waals surface area contributed by atoms with Crippen molar-refractivity contribution >= 4 is 107 Å². The molecule has 20 aromatic rings. The van der Waals surface area contributed by atoms with Gasteiger partial charge in [-0.15, -0.1) is 22.7 Å². The quantitative estimate of drug-likeness (QED) is 0.132. The number of nitrogens with zero attached hydrogens (tertiary/aromatic N) is 10. The highest BCUT2D eigenvalue weighted by Crippen LogP contribution is 2.45. The number of rotatable bonds is 10. The molecule has 0 N–H and O–H groups in total. The van der Waals surface area contributed by atoms with Crippen LogP contribution in [0.2, 0.25) is 0 Å². The topological polar surface area (TPSA) is 135 Å². The summed E-state index contributed by atoms with van der Waals surface area (Å²) >= 11 is 3.70. The van der Waals surface area contributed by atoms with Gasteiger partial charge in [0.2, 0.25) is 0 Å². The van der Waals surface area contributed by atoms with Gasteiger partial charge in [-0.05, 0) is 144 Å². The SMILES string of the molecule is N#Cc1ccc2c(c1)c1cc(-c3cccc4c3sc3ccccc34)ccc1n2-c1ccc(-c2nc(-c3ccccc3)nc(-c3ccccc3)n2)cc1.N#Cc1cccc(-c2nc(-c3ccccc3)nc(-c3ccc(-n4c5ccccc5c5cc(-c6cccc7c6sc6ccccc67)ccc54)cc3)n2)c1. The first-order valence-corrected chi connectivity index (χ1v) is 35.8. The molecule has 0 aliphatic carbocycles. The predicted molar refractivity (Wildman–Crippen MR) is 427 cm³/mol. The Labute approximate surface area is 604 Å². The summed E-state index contributed by atoms with van der Waals surface area (Å²) in [6.45, 7) is 0. The Morgan fingerprint density at radius 2 is 0.558 bits per heavy atom. The molecule has 6 heterocycles. The normalized spacial score (nSPS) is 11.4. The van der Waals surface area contributed by atoms with Gasteiger partial charge in [0.05, 0.1) is 45.3 Å². The highest BCUT2D eigenvalue weighted by Gasteiger charge is 2.21. The standard InChI is InChI=1S/2C46H27N5S/c47-28-29-18-24-40-38(26-29)39-27-33(35-15-9-16-37-36-14-7-8-17-42(36)52-43(35)37)21-25-41(39)51(40)34-22-19-32(20-23-34)46-49-44(30-10-3-1-4-11-30)48-45(50-46)31-12-5-2-6-13-31;47-28-29-10-8-13-33(26-29)46-49-44(30-11-2-1-3-12-30)48-45(50-46)31-20-23-34(24-21-31)51-40-18-6-4-14-36(40)39-27-32(22-25-41(39)51)35-16-9-17-38-37-15-5-7-19-42(37)52-43(35)38/h2*1-27H. The molecule has 0 amide bonds. The summed E-state index contributed by atoms with van der Waals surface area (Å²) in [5.74, 6) is 3.55. The van der Waals surface area contributed by atoms with E-state index in [1.54, 1.807) is 6.07 Å². The van der Waals surface area contributed by atoms with Crippen LogP contribution < -0.4 is 0 Å². The Morgan fingerprint density at radius 1 is 0.231 bits per heavy atom. The van der Waals surface area contributed by atoms with Crippen LogP contribution in [0, 0.1) is 22.7 Å². The van der Waals surface area contributed by atoms with Gasteiger partial charge in [-0.25, -0.2) is 29.9 Å². The summed E-state index contributed by atoms with van der Waals surface area (Å²) < 4.78 is 9.80. The molecule has 0 bridgehead atoms. The van der Waals surface area contributed by atoms with Crippen LogP contribution in [-0.4, -0.2) is 39.0 Å². The van der Waals surface area contributed by atoms with E-state index in [9.17, 15) is 10.5 Å². The molecule has 20 rings (SSSR count). The van der Waals surface area contributed by atoms with Crippen molar-refractivity contribution in [3.8, 4) is 114 Å². The van der Waals surface area contributed by atoms with Crippen molar-refractivity contribution in [1.82, 2.24) is 39.0 Å². The Bertz CT molecular complexity index is 6810. The summed E-state index contributed by atoms with van der Waals surface area (Å²) in [7, 11) is 0. The molecule has 0 unspecified atom stereocenters. The number of fused-ring (bicyclic) bond motifs is 12. The maximum atomic E-state index is 9.86. The first-order valence-electron chi connectivity index (χ1n) is 34.2. The number of benzene rings is 14. The van der Waals surface area contributed by atoms with Crippen molar-refractivity contribution in [2.75, 3.05) is 0 Å². The van der Waals surface area contributed by atoms with Crippen molar-refractivity contribution in [2.45, 2.75) is 0 Å². The van der Waals surface area contributed by atoms with Crippen LogP contribution in [0.1, 0.15) is 11.1 Å². The Hall–Kier alpha value is -13.9. The fourth-order valence-corrected chi connectivity index (χ4v) is 16.9. The van der Waals surface area contributed by atoms with Gasteiger partial charge >= 0.3 is 0 Å². The summed E-state index contributed by atoms with van der Waals surface area (Å²) in [5.41, 5.74) is 17.8. The lowest BCUT2D eigenvalue weighted by Gasteiger charge is -2.11. The molecule has 0 spiro atoms. The van der Waals surface area contributed by atoms with E-state index in [0.717, 1.165) is 83.2 Å². The van der Waals surface area contributed by atoms with Crippen molar-refractivity contribution in [3.63, 3.8) is 0 Å². The lowest BCUT2D eigenvalue weighted by atomic mass is 10.0. The van der Waals surface area contributed by atoms with Gasteiger partial charge in [0, 0.05) is 107 Å². The van der Waals surface area contributed by atoms with Crippen LogP contribution in [0.4, 0.5) is 0 Å². The number of para-hydroxylation sites is 1. The van der Waals surface area contributed by atoms with Gasteiger partial charge < -0.3 is 9.13 Å². The first-order chi connectivity index (χ1) is 51.4. The molecule has 0 atom stereocenters. The molecule has 6 aromatic heterocycles. The van der Waals surface area contributed by atoms with Crippen molar-refractivity contribution in [1.29, 1.82) is 10.5 Å². The van der Waals surface area contributed by atoms with Crippen LogP contribution in [0.15, 0.2) is 328 Å². The maximum absolute atomic E-state index is 9.86. The molecule has 104 heavy (non-hydrogen) atoms. The Kier molecular flexibility index (Phi) is 15.1. The molecule has 14 aromatic carbocycles. The lowest BCUT2D eigenvalue weighted by Crippen LogP contribution is -2.00.